The van der Waals surface area contributed by atoms with Gasteiger partial charge in [0.25, 0.3) is 5.91 Å². The molecule has 0 radical (unpaired) electrons. The normalized spacial score (nSPS) is 13.5. The first kappa shape index (κ1) is 17.1. The Bertz CT molecular complexity index is 598. The smallest absolute Gasteiger partial charge is 0.317 e. The summed E-state index contributed by atoms with van der Waals surface area (Å²) < 4.78 is 0. The molecule has 0 saturated carbocycles. The third-order valence-electron chi connectivity index (χ3n) is 3.97. The average Bonchev–Trinajstić information content (AvgIpc) is 2.54. The van der Waals surface area contributed by atoms with E-state index < -0.39 is 0 Å². The van der Waals surface area contributed by atoms with Crippen molar-refractivity contribution >= 4 is 11.9 Å². The van der Waals surface area contributed by atoms with Gasteiger partial charge in [-0.15, -0.1) is 0 Å². The molecular formula is C18H25N3O2. The number of nitrogens with zero attached hydrogens (tertiary/aromatic N) is 2. The van der Waals surface area contributed by atoms with Crippen molar-refractivity contribution in [1.29, 1.82) is 0 Å². The van der Waals surface area contributed by atoms with Crippen molar-refractivity contribution in [2.24, 2.45) is 0 Å². The van der Waals surface area contributed by atoms with Crippen LogP contribution in [-0.4, -0.2) is 54.5 Å². The molecular weight excluding hydrogens is 290 g/mol. The molecule has 1 aromatic rings. The topological polar surface area (TPSA) is 52.7 Å². The first-order chi connectivity index (χ1) is 11.0. The second-order valence-corrected chi connectivity index (χ2v) is 5.90. The van der Waals surface area contributed by atoms with Gasteiger partial charge in [0.1, 0.15) is 0 Å². The number of benzene rings is 1. The van der Waals surface area contributed by atoms with Crippen molar-refractivity contribution < 1.29 is 9.59 Å². The standard InChI is InChI=1S/C18H25N3O2/c1-4-20(13-14(2)3)18(23)19-10-12-21-11-9-15-7-5-6-8-16(15)17(21)22/h5-8H,2,4,9-13H2,1,3H3,(H,19,23). The zero-order valence-electron chi connectivity index (χ0n) is 14.0. The van der Waals surface area contributed by atoms with Crippen LogP contribution in [0.25, 0.3) is 0 Å². The van der Waals surface area contributed by atoms with Crippen LogP contribution in [0.4, 0.5) is 4.79 Å². The molecule has 0 aliphatic carbocycles. The summed E-state index contributed by atoms with van der Waals surface area (Å²) in [6.07, 6.45) is 0.868. The van der Waals surface area contributed by atoms with Gasteiger partial charge in [0, 0.05) is 38.3 Å². The van der Waals surface area contributed by atoms with E-state index in [2.05, 4.69) is 11.9 Å². The van der Waals surface area contributed by atoms with Crippen molar-refractivity contribution in [3.63, 3.8) is 0 Å². The summed E-state index contributed by atoms with van der Waals surface area (Å²) in [6, 6.07) is 7.61. The predicted molar refractivity (Wildman–Crippen MR) is 91.5 cm³/mol. The lowest BCUT2D eigenvalue weighted by Crippen LogP contribution is -2.46. The largest absolute Gasteiger partial charge is 0.337 e. The van der Waals surface area contributed by atoms with Crippen molar-refractivity contribution in [2.75, 3.05) is 32.7 Å². The Morgan fingerprint density at radius 2 is 2.13 bits per heavy atom. The number of carbonyl (C=O) groups is 2. The Morgan fingerprint density at radius 3 is 2.83 bits per heavy atom. The van der Waals surface area contributed by atoms with Crippen LogP contribution in [0, 0.1) is 0 Å². The molecule has 0 bridgehead atoms. The highest BCUT2D eigenvalue weighted by molar-refractivity contribution is 5.96. The van der Waals surface area contributed by atoms with Gasteiger partial charge in [-0.1, -0.05) is 30.4 Å². The molecule has 1 aliphatic rings. The number of nitrogens with one attached hydrogen (secondary N) is 1. The summed E-state index contributed by atoms with van der Waals surface area (Å²) in [5.74, 6) is 0.0513. The lowest BCUT2D eigenvalue weighted by atomic mass is 9.99. The second kappa shape index (κ2) is 7.81. The monoisotopic (exact) mass is 315 g/mol. The van der Waals surface area contributed by atoms with Crippen molar-refractivity contribution in [3.8, 4) is 0 Å². The van der Waals surface area contributed by atoms with E-state index in [1.165, 1.54) is 0 Å². The maximum Gasteiger partial charge on any atom is 0.317 e. The highest BCUT2D eigenvalue weighted by Crippen LogP contribution is 2.17. The van der Waals surface area contributed by atoms with Gasteiger partial charge in [-0.3, -0.25) is 4.79 Å². The minimum absolute atomic E-state index is 0.0513. The maximum atomic E-state index is 12.4. The Balaban J connectivity index is 1.84. The Morgan fingerprint density at radius 1 is 1.39 bits per heavy atom. The van der Waals surface area contributed by atoms with E-state index in [-0.39, 0.29) is 11.9 Å². The molecule has 0 unspecified atom stereocenters. The van der Waals surface area contributed by atoms with Crippen LogP contribution in [0.5, 0.6) is 0 Å². The summed E-state index contributed by atoms with van der Waals surface area (Å²) in [5.41, 5.74) is 2.84. The molecule has 2 rings (SSSR count). The summed E-state index contributed by atoms with van der Waals surface area (Å²) in [7, 11) is 0. The Labute approximate surface area is 138 Å². The van der Waals surface area contributed by atoms with E-state index in [1.807, 2.05) is 38.1 Å². The zero-order valence-corrected chi connectivity index (χ0v) is 14.0. The Hall–Kier alpha value is -2.30. The highest BCUT2D eigenvalue weighted by Gasteiger charge is 2.23. The molecule has 5 heteroatoms. The Kier molecular flexibility index (Phi) is 5.79. The number of urea groups is 1. The lowest BCUT2D eigenvalue weighted by molar-refractivity contribution is 0.0741. The SMILES string of the molecule is C=C(C)CN(CC)C(=O)NCCN1CCc2ccccc2C1=O. The minimum atomic E-state index is -0.111. The molecule has 1 N–H and O–H groups in total. The summed E-state index contributed by atoms with van der Waals surface area (Å²) in [4.78, 5) is 28.0. The molecule has 0 aromatic heterocycles. The average molecular weight is 315 g/mol. The fourth-order valence-electron chi connectivity index (χ4n) is 2.75. The second-order valence-electron chi connectivity index (χ2n) is 5.90. The molecule has 1 aromatic carbocycles. The van der Waals surface area contributed by atoms with Gasteiger partial charge in [-0.05, 0) is 31.9 Å². The van der Waals surface area contributed by atoms with Gasteiger partial charge in [0.2, 0.25) is 0 Å². The number of rotatable bonds is 6. The van der Waals surface area contributed by atoms with Gasteiger partial charge in [0.15, 0.2) is 0 Å². The predicted octanol–water partition coefficient (Wildman–Crippen LogP) is 2.29. The van der Waals surface area contributed by atoms with Gasteiger partial charge in [-0.25, -0.2) is 4.79 Å². The van der Waals surface area contributed by atoms with E-state index in [9.17, 15) is 9.59 Å². The third-order valence-corrected chi connectivity index (χ3v) is 3.97. The van der Waals surface area contributed by atoms with E-state index >= 15 is 0 Å². The quantitative estimate of drug-likeness (QED) is 0.819. The molecule has 1 heterocycles. The van der Waals surface area contributed by atoms with Gasteiger partial charge in [0.05, 0.1) is 0 Å². The first-order valence-electron chi connectivity index (χ1n) is 8.07. The van der Waals surface area contributed by atoms with Crippen molar-refractivity contribution in [3.05, 3.63) is 47.5 Å². The molecule has 0 atom stereocenters. The zero-order chi connectivity index (χ0) is 16.8. The van der Waals surface area contributed by atoms with Gasteiger partial charge >= 0.3 is 6.03 Å². The maximum absolute atomic E-state index is 12.4. The molecule has 124 valence electrons. The number of hydrogen-bond donors (Lipinski definition) is 1. The van der Waals surface area contributed by atoms with E-state index in [1.54, 1.807) is 9.80 Å². The van der Waals surface area contributed by atoms with Crippen LogP contribution in [0.1, 0.15) is 29.8 Å². The number of amides is 3. The van der Waals surface area contributed by atoms with E-state index in [4.69, 9.17) is 0 Å². The van der Waals surface area contributed by atoms with Crippen LogP contribution >= 0.6 is 0 Å². The number of carbonyl (C=O) groups excluding carboxylic acids is 2. The van der Waals surface area contributed by atoms with Gasteiger partial charge < -0.3 is 15.1 Å². The molecule has 0 spiro atoms. The number of likely N-dealkylation sites (N-methyl/N-ethyl adjacent to an activating group) is 1. The van der Waals surface area contributed by atoms with Crippen molar-refractivity contribution in [1.82, 2.24) is 15.1 Å². The molecule has 0 saturated heterocycles. The molecule has 5 nitrogen and oxygen atoms in total. The fraction of sp³-hybridized carbons (Fsp3) is 0.444. The van der Waals surface area contributed by atoms with Crippen LogP contribution in [0.15, 0.2) is 36.4 Å². The van der Waals surface area contributed by atoms with E-state index in [0.717, 1.165) is 23.1 Å². The van der Waals surface area contributed by atoms with Crippen LogP contribution in [0.3, 0.4) is 0 Å². The van der Waals surface area contributed by atoms with Crippen LogP contribution in [0.2, 0.25) is 0 Å². The molecule has 3 amide bonds. The molecule has 0 fully saturated rings. The highest BCUT2D eigenvalue weighted by atomic mass is 16.2. The van der Waals surface area contributed by atoms with Crippen LogP contribution in [-0.2, 0) is 6.42 Å². The lowest BCUT2D eigenvalue weighted by Gasteiger charge is -2.29. The third kappa shape index (κ3) is 4.34. The summed E-state index contributed by atoms with van der Waals surface area (Å²) in [5, 5.41) is 2.88. The first-order valence-corrected chi connectivity index (χ1v) is 8.07. The van der Waals surface area contributed by atoms with E-state index in [0.29, 0.717) is 32.7 Å². The molecule has 1 aliphatic heterocycles. The fourth-order valence-corrected chi connectivity index (χ4v) is 2.75. The summed E-state index contributed by atoms with van der Waals surface area (Å²) >= 11 is 0. The minimum Gasteiger partial charge on any atom is -0.337 e. The van der Waals surface area contributed by atoms with Crippen LogP contribution < -0.4 is 5.32 Å². The summed E-state index contributed by atoms with van der Waals surface area (Å²) in [6.45, 7) is 10.6. The number of fused-ring (bicyclic) bond motifs is 1. The van der Waals surface area contributed by atoms with Gasteiger partial charge in [-0.2, -0.15) is 0 Å². The van der Waals surface area contributed by atoms with Crippen molar-refractivity contribution in [2.45, 2.75) is 20.3 Å². The molecule has 23 heavy (non-hydrogen) atoms. The number of hydrogen-bond acceptors (Lipinski definition) is 2.